The minimum atomic E-state index is 0.256. The lowest BCUT2D eigenvalue weighted by Gasteiger charge is -2.21. The number of carbonyl (C=O) groups excluding carboxylic acids is 1. The molecular formula is C12H16N2O. The van der Waals surface area contributed by atoms with Gasteiger partial charge in [-0.15, -0.1) is 0 Å². The number of nitrogens with one attached hydrogen (secondary N) is 1. The van der Waals surface area contributed by atoms with E-state index >= 15 is 0 Å². The average Bonchev–Trinajstić information content (AvgIpc) is 2.31. The van der Waals surface area contributed by atoms with E-state index in [1.54, 1.807) is 12.4 Å². The van der Waals surface area contributed by atoms with Crippen LogP contribution >= 0.6 is 0 Å². The van der Waals surface area contributed by atoms with Gasteiger partial charge in [0, 0.05) is 24.7 Å². The minimum absolute atomic E-state index is 0.256. The Morgan fingerprint density at radius 3 is 2.93 bits per heavy atom. The third-order valence-corrected chi connectivity index (χ3v) is 2.90. The maximum Gasteiger partial charge on any atom is 0.140 e. The van der Waals surface area contributed by atoms with Crippen molar-refractivity contribution < 1.29 is 4.79 Å². The summed E-state index contributed by atoms with van der Waals surface area (Å²) in [6.07, 6.45) is 6.02. The second kappa shape index (κ2) is 5.03. The van der Waals surface area contributed by atoms with Crippen LogP contribution in [0.4, 0.5) is 0 Å². The predicted octanol–water partition coefficient (Wildman–Crippen LogP) is 1.19. The molecule has 1 aliphatic heterocycles. The van der Waals surface area contributed by atoms with Crippen molar-refractivity contribution in [2.75, 3.05) is 13.1 Å². The van der Waals surface area contributed by atoms with Crippen LogP contribution in [0.1, 0.15) is 18.4 Å². The fourth-order valence-electron chi connectivity index (χ4n) is 1.99. The summed E-state index contributed by atoms with van der Waals surface area (Å²) in [5.74, 6) is 0.621. The molecule has 1 aromatic rings. The lowest BCUT2D eigenvalue weighted by Crippen LogP contribution is -2.32. The normalized spacial score (nSPS) is 17.6. The second-order valence-electron chi connectivity index (χ2n) is 4.03. The van der Waals surface area contributed by atoms with Crippen LogP contribution in [-0.4, -0.2) is 23.9 Å². The third kappa shape index (κ3) is 2.86. The monoisotopic (exact) mass is 204 g/mol. The number of nitrogens with zero attached hydrogens (tertiary/aromatic N) is 1. The molecule has 0 aliphatic carbocycles. The fraction of sp³-hybridized carbons (Fsp3) is 0.500. The lowest BCUT2D eigenvalue weighted by atomic mass is 9.90. The van der Waals surface area contributed by atoms with Crippen molar-refractivity contribution in [3.63, 3.8) is 0 Å². The van der Waals surface area contributed by atoms with Gasteiger partial charge in [-0.1, -0.05) is 6.07 Å². The highest BCUT2D eigenvalue weighted by molar-refractivity contribution is 5.83. The van der Waals surface area contributed by atoms with Gasteiger partial charge in [-0.25, -0.2) is 0 Å². The molecule has 0 bridgehead atoms. The Labute approximate surface area is 89.9 Å². The molecule has 3 nitrogen and oxygen atoms in total. The van der Waals surface area contributed by atoms with Crippen LogP contribution in [0.15, 0.2) is 24.5 Å². The zero-order chi connectivity index (χ0) is 10.5. The Balaban J connectivity index is 1.91. The van der Waals surface area contributed by atoms with Crippen molar-refractivity contribution in [3.8, 4) is 0 Å². The predicted molar refractivity (Wildman–Crippen MR) is 58.5 cm³/mol. The van der Waals surface area contributed by atoms with Crippen molar-refractivity contribution in [2.24, 2.45) is 5.92 Å². The number of pyridine rings is 1. The summed E-state index contributed by atoms with van der Waals surface area (Å²) in [4.78, 5) is 15.9. The second-order valence-corrected chi connectivity index (χ2v) is 4.03. The highest BCUT2D eigenvalue weighted by atomic mass is 16.1. The zero-order valence-corrected chi connectivity index (χ0v) is 8.78. The molecule has 2 rings (SSSR count). The first-order valence-corrected chi connectivity index (χ1v) is 5.48. The van der Waals surface area contributed by atoms with Gasteiger partial charge in [0.1, 0.15) is 5.78 Å². The number of hydrogen-bond donors (Lipinski definition) is 1. The molecule has 3 heteroatoms. The van der Waals surface area contributed by atoms with Gasteiger partial charge in [0.05, 0.1) is 0 Å². The van der Waals surface area contributed by atoms with E-state index in [-0.39, 0.29) is 5.92 Å². The van der Waals surface area contributed by atoms with Gasteiger partial charge in [-0.05, 0) is 37.6 Å². The topological polar surface area (TPSA) is 42.0 Å². The van der Waals surface area contributed by atoms with Gasteiger partial charge in [0.15, 0.2) is 0 Å². The van der Waals surface area contributed by atoms with Crippen LogP contribution in [0.5, 0.6) is 0 Å². The van der Waals surface area contributed by atoms with E-state index in [9.17, 15) is 4.79 Å². The highest BCUT2D eigenvalue weighted by Crippen LogP contribution is 2.15. The van der Waals surface area contributed by atoms with E-state index in [0.29, 0.717) is 12.2 Å². The molecule has 0 aromatic carbocycles. The number of carbonyl (C=O) groups is 1. The van der Waals surface area contributed by atoms with Crippen LogP contribution < -0.4 is 5.32 Å². The summed E-state index contributed by atoms with van der Waals surface area (Å²) >= 11 is 0. The van der Waals surface area contributed by atoms with Gasteiger partial charge in [-0.2, -0.15) is 0 Å². The summed E-state index contributed by atoms with van der Waals surface area (Å²) in [6.45, 7) is 1.95. The first kappa shape index (κ1) is 10.3. The van der Waals surface area contributed by atoms with Gasteiger partial charge >= 0.3 is 0 Å². The zero-order valence-electron chi connectivity index (χ0n) is 8.78. The van der Waals surface area contributed by atoms with Crippen LogP contribution in [0.25, 0.3) is 0 Å². The Bertz CT molecular complexity index is 318. The fourth-order valence-corrected chi connectivity index (χ4v) is 1.99. The Kier molecular flexibility index (Phi) is 3.45. The minimum Gasteiger partial charge on any atom is -0.317 e. The van der Waals surface area contributed by atoms with Crippen molar-refractivity contribution in [1.82, 2.24) is 10.3 Å². The van der Waals surface area contributed by atoms with E-state index in [2.05, 4.69) is 10.3 Å². The van der Waals surface area contributed by atoms with Gasteiger partial charge < -0.3 is 5.32 Å². The molecule has 0 spiro atoms. The molecule has 0 radical (unpaired) electrons. The quantitative estimate of drug-likeness (QED) is 0.804. The Morgan fingerprint density at radius 1 is 1.47 bits per heavy atom. The Morgan fingerprint density at radius 2 is 2.27 bits per heavy atom. The van der Waals surface area contributed by atoms with Crippen molar-refractivity contribution in [2.45, 2.75) is 19.3 Å². The summed E-state index contributed by atoms with van der Waals surface area (Å²) in [6, 6.07) is 3.84. The van der Waals surface area contributed by atoms with Crippen LogP contribution in [0, 0.1) is 5.92 Å². The molecule has 1 saturated heterocycles. The van der Waals surface area contributed by atoms with Crippen LogP contribution in [-0.2, 0) is 11.2 Å². The van der Waals surface area contributed by atoms with E-state index in [0.717, 1.165) is 31.5 Å². The number of aromatic nitrogens is 1. The number of hydrogen-bond acceptors (Lipinski definition) is 3. The molecule has 80 valence electrons. The molecule has 2 heterocycles. The van der Waals surface area contributed by atoms with Gasteiger partial charge in [-0.3, -0.25) is 9.78 Å². The molecule has 1 aliphatic rings. The largest absolute Gasteiger partial charge is 0.317 e. The number of piperidine rings is 1. The molecule has 1 aromatic heterocycles. The van der Waals surface area contributed by atoms with E-state index in [1.165, 1.54) is 0 Å². The summed E-state index contributed by atoms with van der Waals surface area (Å²) in [5.41, 5.74) is 1.03. The molecule has 1 N–H and O–H groups in total. The van der Waals surface area contributed by atoms with Crippen LogP contribution in [0.2, 0.25) is 0 Å². The number of rotatable bonds is 3. The van der Waals surface area contributed by atoms with Crippen LogP contribution in [0.3, 0.4) is 0 Å². The van der Waals surface area contributed by atoms with Crippen molar-refractivity contribution in [1.29, 1.82) is 0 Å². The van der Waals surface area contributed by atoms with E-state index in [4.69, 9.17) is 0 Å². The molecule has 0 saturated carbocycles. The van der Waals surface area contributed by atoms with Gasteiger partial charge in [0.2, 0.25) is 0 Å². The summed E-state index contributed by atoms with van der Waals surface area (Å²) < 4.78 is 0. The van der Waals surface area contributed by atoms with Gasteiger partial charge in [0.25, 0.3) is 0 Å². The number of Topliss-reactive ketones (excluding diaryl/α,β-unsaturated/α-hetero) is 1. The molecule has 0 amide bonds. The summed E-state index contributed by atoms with van der Waals surface area (Å²) in [5, 5.41) is 3.27. The standard InChI is InChI=1S/C12H16N2O/c15-12(11-3-6-13-7-4-11)8-10-2-1-5-14-9-10/h1-2,5,9,11,13H,3-4,6-8H2. The Hall–Kier alpha value is -1.22. The SMILES string of the molecule is O=C(Cc1cccnc1)C1CCNCC1. The van der Waals surface area contributed by atoms with E-state index in [1.807, 2.05) is 12.1 Å². The third-order valence-electron chi connectivity index (χ3n) is 2.90. The maximum absolute atomic E-state index is 11.9. The molecule has 0 atom stereocenters. The first-order chi connectivity index (χ1) is 7.36. The smallest absolute Gasteiger partial charge is 0.140 e. The summed E-state index contributed by atoms with van der Waals surface area (Å²) in [7, 11) is 0. The maximum atomic E-state index is 11.9. The highest BCUT2D eigenvalue weighted by Gasteiger charge is 2.20. The lowest BCUT2D eigenvalue weighted by molar-refractivity contribution is -0.122. The van der Waals surface area contributed by atoms with E-state index < -0.39 is 0 Å². The molecule has 0 unspecified atom stereocenters. The van der Waals surface area contributed by atoms with Crippen molar-refractivity contribution in [3.05, 3.63) is 30.1 Å². The number of ketones is 1. The molecular weight excluding hydrogens is 188 g/mol. The van der Waals surface area contributed by atoms with Crippen molar-refractivity contribution >= 4 is 5.78 Å². The molecule has 15 heavy (non-hydrogen) atoms. The first-order valence-electron chi connectivity index (χ1n) is 5.48. The average molecular weight is 204 g/mol. The molecule has 1 fully saturated rings.